The molecule has 0 aromatic carbocycles. The van der Waals surface area contributed by atoms with Crippen molar-refractivity contribution in [1.82, 2.24) is 9.97 Å². The van der Waals surface area contributed by atoms with Gasteiger partial charge < -0.3 is 0 Å². The van der Waals surface area contributed by atoms with Crippen LogP contribution < -0.4 is 0 Å². The normalized spacial score (nSPS) is 28.3. The van der Waals surface area contributed by atoms with Crippen molar-refractivity contribution < 1.29 is 4.79 Å². The molecule has 0 N–H and O–H groups in total. The molecule has 0 aliphatic heterocycles. The number of carbonyl (C=O) groups is 1. The molecule has 0 amide bonds. The van der Waals surface area contributed by atoms with Crippen molar-refractivity contribution in [2.24, 2.45) is 17.8 Å². The largest absolute Gasteiger partial charge is 0.298 e. The van der Waals surface area contributed by atoms with Crippen molar-refractivity contribution in [3.8, 4) is 6.07 Å². The van der Waals surface area contributed by atoms with Crippen LogP contribution in [0.3, 0.4) is 0 Å². The molecule has 4 unspecified atom stereocenters. The number of hydrogen-bond donors (Lipinski definition) is 0. The van der Waals surface area contributed by atoms with E-state index in [2.05, 4.69) is 16.0 Å². The Bertz CT molecular complexity index is 584. The van der Waals surface area contributed by atoms with Gasteiger partial charge in [0.2, 0.25) is 0 Å². The van der Waals surface area contributed by atoms with E-state index in [4.69, 9.17) is 0 Å². The molecule has 110 valence electrons. The molecular weight excluding hydrogens is 262 g/mol. The Balaban J connectivity index is 1.74. The van der Waals surface area contributed by atoms with E-state index in [1.165, 1.54) is 25.7 Å². The summed E-state index contributed by atoms with van der Waals surface area (Å²) in [4.78, 5) is 21.1. The highest BCUT2D eigenvalue weighted by Crippen LogP contribution is 2.49. The van der Waals surface area contributed by atoms with Gasteiger partial charge in [-0.05, 0) is 56.9 Å². The van der Waals surface area contributed by atoms with Gasteiger partial charge in [-0.1, -0.05) is 6.42 Å². The van der Waals surface area contributed by atoms with Gasteiger partial charge in [0.15, 0.2) is 5.78 Å². The molecule has 3 rings (SSSR count). The van der Waals surface area contributed by atoms with Crippen molar-refractivity contribution in [2.75, 3.05) is 0 Å². The lowest BCUT2D eigenvalue weighted by molar-refractivity contribution is -0.120. The molecule has 1 heterocycles. The van der Waals surface area contributed by atoms with Gasteiger partial charge in [-0.25, -0.2) is 9.97 Å². The lowest BCUT2D eigenvalue weighted by Gasteiger charge is -2.21. The molecule has 4 atom stereocenters. The van der Waals surface area contributed by atoms with Crippen LogP contribution in [0, 0.1) is 42.9 Å². The summed E-state index contributed by atoms with van der Waals surface area (Å²) in [5.41, 5.74) is 1.38. The third kappa shape index (κ3) is 2.83. The van der Waals surface area contributed by atoms with E-state index in [1.54, 1.807) is 13.0 Å². The van der Waals surface area contributed by atoms with Gasteiger partial charge in [0.1, 0.15) is 11.7 Å². The average Bonchev–Trinajstić information content (AvgIpc) is 3.00. The Morgan fingerprint density at radius 3 is 2.76 bits per heavy atom. The number of hydrogen-bond acceptors (Lipinski definition) is 4. The van der Waals surface area contributed by atoms with Crippen LogP contribution >= 0.6 is 0 Å². The van der Waals surface area contributed by atoms with Crippen molar-refractivity contribution in [2.45, 2.75) is 51.9 Å². The first-order chi connectivity index (χ1) is 10.1. The van der Waals surface area contributed by atoms with E-state index in [0.29, 0.717) is 29.8 Å². The molecule has 0 saturated heterocycles. The molecule has 0 radical (unpaired) electrons. The highest BCUT2D eigenvalue weighted by molar-refractivity contribution is 5.88. The molecule has 0 spiro atoms. The van der Waals surface area contributed by atoms with Crippen molar-refractivity contribution in [3.05, 3.63) is 23.3 Å². The van der Waals surface area contributed by atoms with Gasteiger partial charge in [0.25, 0.3) is 0 Å². The lowest BCUT2D eigenvalue weighted by Crippen LogP contribution is -2.20. The standard InChI is InChI=1S/C17H21N3O/c1-10-5-16(20-11(2)19-10)15(9-18)17(21)8-14-7-12-3-4-13(14)6-12/h5,12-15H,3-4,6-8H2,1-2H3. The fourth-order valence-electron chi connectivity index (χ4n) is 4.20. The number of aryl methyl sites for hydroxylation is 2. The molecular formula is C17H21N3O. The maximum absolute atomic E-state index is 12.5. The highest BCUT2D eigenvalue weighted by Gasteiger charge is 2.41. The summed E-state index contributed by atoms with van der Waals surface area (Å²) in [5.74, 6) is 1.97. The quantitative estimate of drug-likeness (QED) is 0.851. The van der Waals surface area contributed by atoms with Crippen LogP contribution in [0.1, 0.15) is 55.2 Å². The van der Waals surface area contributed by atoms with Crippen molar-refractivity contribution in [1.29, 1.82) is 5.26 Å². The number of rotatable bonds is 4. The van der Waals surface area contributed by atoms with Crippen LogP contribution in [0.15, 0.2) is 6.07 Å². The van der Waals surface area contributed by atoms with Crippen LogP contribution in [0.5, 0.6) is 0 Å². The predicted molar refractivity (Wildman–Crippen MR) is 78.4 cm³/mol. The number of Topliss-reactive ketones (excluding diaryl/α,β-unsaturated/α-hetero) is 1. The smallest absolute Gasteiger partial charge is 0.156 e. The second-order valence-electron chi connectivity index (χ2n) is 6.65. The zero-order valence-electron chi connectivity index (χ0n) is 12.7. The summed E-state index contributed by atoms with van der Waals surface area (Å²) in [5, 5.41) is 9.41. The number of aromatic nitrogens is 2. The number of nitrogens with zero attached hydrogens (tertiary/aromatic N) is 3. The Morgan fingerprint density at radius 1 is 1.38 bits per heavy atom. The molecule has 1 aromatic heterocycles. The Morgan fingerprint density at radius 2 is 2.19 bits per heavy atom. The van der Waals surface area contributed by atoms with Crippen molar-refractivity contribution in [3.63, 3.8) is 0 Å². The SMILES string of the molecule is Cc1cc(C(C#N)C(=O)CC2CC3CCC2C3)nc(C)n1. The molecule has 2 bridgehead atoms. The first-order valence-corrected chi connectivity index (χ1v) is 7.81. The maximum atomic E-state index is 12.5. The van der Waals surface area contributed by atoms with E-state index in [-0.39, 0.29) is 5.78 Å². The Kier molecular flexibility index (Phi) is 3.75. The molecule has 2 fully saturated rings. The number of ketones is 1. The topological polar surface area (TPSA) is 66.6 Å². The number of carbonyl (C=O) groups excluding carboxylic acids is 1. The third-order valence-electron chi connectivity index (χ3n) is 5.08. The van der Waals surface area contributed by atoms with Gasteiger partial charge >= 0.3 is 0 Å². The van der Waals surface area contributed by atoms with Gasteiger partial charge in [-0.15, -0.1) is 0 Å². The molecule has 4 heteroatoms. The summed E-state index contributed by atoms with van der Waals surface area (Å²) in [6.07, 6.45) is 5.62. The predicted octanol–water partition coefficient (Wildman–Crippen LogP) is 3.10. The van der Waals surface area contributed by atoms with Crippen LogP contribution in [0.2, 0.25) is 0 Å². The summed E-state index contributed by atoms with van der Waals surface area (Å²) in [6.45, 7) is 3.67. The Hall–Kier alpha value is -1.76. The first-order valence-electron chi connectivity index (χ1n) is 7.81. The van der Waals surface area contributed by atoms with Crippen LogP contribution in [0.25, 0.3) is 0 Å². The number of fused-ring (bicyclic) bond motifs is 2. The first kappa shape index (κ1) is 14.2. The summed E-state index contributed by atoms with van der Waals surface area (Å²) in [7, 11) is 0. The van der Waals surface area contributed by atoms with E-state index in [1.807, 2.05) is 6.92 Å². The fraction of sp³-hybridized carbons (Fsp3) is 0.647. The van der Waals surface area contributed by atoms with Crippen molar-refractivity contribution >= 4 is 5.78 Å². The molecule has 4 nitrogen and oxygen atoms in total. The third-order valence-corrected chi connectivity index (χ3v) is 5.08. The zero-order valence-corrected chi connectivity index (χ0v) is 12.7. The van der Waals surface area contributed by atoms with Gasteiger partial charge in [-0.3, -0.25) is 4.79 Å². The van der Waals surface area contributed by atoms with Crippen LogP contribution in [-0.2, 0) is 4.79 Å². The summed E-state index contributed by atoms with van der Waals surface area (Å²) in [6, 6.07) is 3.91. The monoisotopic (exact) mass is 283 g/mol. The van der Waals surface area contributed by atoms with Crippen LogP contribution in [0.4, 0.5) is 0 Å². The van der Waals surface area contributed by atoms with E-state index in [0.717, 1.165) is 11.6 Å². The lowest BCUT2D eigenvalue weighted by atomic mass is 9.82. The second-order valence-corrected chi connectivity index (χ2v) is 6.65. The second kappa shape index (κ2) is 5.55. The minimum absolute atomic E-state index is 0.0348. The molecule has 2 aliphatic carbocycles. The minimum Gasteiger partial charge on any atom is -0.298 e. The zero-order chi connectivity index (χ0) is 15.0. The Labute approximate surface area is 125 Å². The fourth-order valence-corrected chi connectivity index (χ4v) is 4.20. The van der Waals surface area contributed by atoms with E-state index >= 15 is 0 Å². The highest BCUT2D eigenvalue weighted by atomic mass is 16.1. The minimum atomic E-state index is -0.732. The molecule has 2 aliphatic rings. The van der Waals surface area contributed by atoms with E-state index < -0.39 is 5.92 Å². The summed E-state index contributed by atoms with van der Waals surface area (Å²) < 4.78 is 0. The van der Waals surface area contributed by atoms with Gasteiger partial charge in [-0.2, -0.15) is 5.26 Å². The van der Waals surface area contributed by atoms with Gasteiger partial charge in [0.05, 0.1) is 11.8 Å². The van der Waals surface area contributed by atoms with E-state index in [9.17, 15) is 10.1 Å². The van der Waals surface area contributed by atoms with Gasteiger partial charge in [0, 0.05) is 12.1 Å². The molecule has 2 saturated carbocycles. The number of nitriles is 1. The molecule has 1 aromatic rings. The van der Waals surface area contributed by atoms with Crippen LogP contribution in [-0.4, -0.2) is 15.8 Å². The maximum Gasteiger partial charge on any atom is 0.156 e. The average molecular weight is 283 g/mol. The summed E-state index contributed by atoms with van der Waals surface area (Å²) >= 11 is 0. The molecule has 21 heavy (non-hydrogen) atoms.